The molecule has 7 nitrogen and oxygen atoms in total. The minimum absolute atomic E-state index is 0.00473. The molecule has 24 heavy (non-hydrogen) atoms. The Morgan fingerprint density at radius 1 is 1.25 bits per heavy atom. The Morgan fingerprint density at radius 3 is 2.62 bits per heavy atom. The van der Waals surface area contributed by atoms with Crippen LogP contribution in [-0.4, -0.2) is 26.5 Å². The van der Waals surface area contributed by atoms with Gasteiger partial charge in [0, 0.05) is 18.2 Å². The number of aryl methyl sites for hydroxylation is 1. The SMILES string of the molecule is Cc1ccc(S(=O)(=O)NCCOc2ccccc2Cl)cc1[N+](=O)[O-]. The minimum Gasteiger partial charge on any atom is -0.491 e. The lowest BCUT2D eigenvalue weighted by Gasteiger charge is -2.10. The van der Waals surface area contributed by atoms with E-state index in [0.717, 1.165) is 6.07 Å². The zero-order chi connectivity index (χ0) is 17.7. The van der Waals surface area contributed by atoms with Gasteiger partial charge in [-0.3, -0.25) is 10.1 Å². The molecule has 0 aliphatic carbocycles. The van der Waals surface area contributed by atoms with Crippen molar-refractivity contribution in [3.63, 3.8) is 0 Å². The highest BCUT2D eigenvalue weighted by Crippen LogP contribution is 2.23. The Balaban J connectivity index is 2.00. The number of benzene rings is 2. The third-order valence-electron chi connectivity index (χ3n) is 3.18. The van der Waals surface area contributed by atoms with Crippen molar-refractivity contribution in [1.29, 1.82) is 0 Å². The summed E-state index contributed by atoms with van der Waals surface area (Å²) >= 11 is 5.92. The van der Waals surface area contributed by atoms with Crippen LogP contribution < -0.4 is 9.46 Å². The molecule has 9 heteroatoms. The van der Waals surface area contributed by atoms with Crippen LogP contribution in [0.4, 0.5) is 5.69 Å². The van der Waals surface area contributed by atoms with Crippen molar-refractivity contribution in [2.75, 3.05) is 13.2 Å². The molecular weight excluding hydrogens is 356 g/mol. The molecule has 0 amide bonds. The van der Waals surface area contributed by atoms with Crippen LogP contribution in [0, 0.1) is 17.0 Å². The fourth-order valence-corrected chi connectivity index (χ4v) is 3.16. The van der Waals surface area contributed by atoms with Gasteiger partial charge >= 0.3 is 0 Å². The lowest BCUT2D eigenvalue weighted by Crippen LogP contribution is -2.28. The maximum Gasteiger partial charge on any atom is 0.273 e. The van der Waals surface area contributed by atoms with E-state index < -0.39 is 14.9 Å². The predicted octanol–water partition coefficient (Wildman–Crippen LogP) is 2.91. The molecule has 2 aromatic carbocycles. The van der Waals surface area contributed by atoms with Crippen LogP contribution in [0.15, 0.2) is 47.4 Å². The number of para-hydroxylation sites is 1. The first kappa shape index (κ1) is 18.2. The van der Waals surface area contributed by atoms with Crippen LogP contribution in [0.3, 0.4) is 0 Å². The molecule has 0 aliphatic rings. The van der Waals surface area contributed by atoms with Crippen molar-refractivity contribution in [2.45, 2.75) is 11.8 Å². The lowest BCUT2D eigenvalue weighted by atomic mass is 10.2. The lowest BCUT2D eigenvalue weighted by molar-refractivity contribution is -0.385. The molecule has 128 valence electrons. The smallest absolute Gasteiger partial charge is 0.273 e. The Kier molecular flexibility index (Phi) is 5.76. The van der Waals surface area contributed by atoms with Gasteiger partial charge in [-0.2, -0.15) is 0 Å². The molecule has 0 atom stereocenters. The Hall–Kier alpha value is -2.16. The van der Waals surface area contributed by atoms with E-state index in [1.54, 1.807) is 31.2 Å². The van der Waals surface area contributed by atoms with Crippen LogP contribution >= 0.6 is 11.6 Å². The highest BCUT2D eigenvalue weighted by atomic mass is 35.5. The van der Waals surface area contributed by atoms with Gasteiger partial charge in [0.15, 0.2) is 0 Å². The predicted molar refractivity (Wildman–Crippen MR) is 90.0 cm³/mol. The number of nitrogens with one attached hydrogen (secondary N) is 1. The minimum atomic E-state index is -3.87. The van der Waals surface area contributed by atoms with Crippen LogP contribution in [0.5, 0.6) is 5.75 Å². The summed E-state index contributed by atoms with van der Waals surface area (Å²) in [6, 6.07) is 10.6. The third-order valence-corrected chi connectivity index (χ3v) is 4.95. The maximum atomic E-state index is 12.2. The number of halogens is 1. The largest absolute Gasteiger partial charge is 0.491 e. The van der Waals surface area contributed by atoms with E-state index in [-0.39, 0.29) is 23.7 Å². The van der Waals surface area contributed by atoms with Crippen molar-refractivity contribution in [2.24, 2.45) is 0 Å². The molecule has 0 fully saturated rings. The van der Waals surface area contributed by atoms with Gasteiger partial charge in [0.05, 0.1) is 14.8 Å². The van der Waals surface area contributed by atoms with Crippen molar-refractivity contribution < 1.29 is 18.1 Å². The van der Waals surface area contributed by atoms with E-state index in [4.69, 9.17) is 16.3 Å². The molecule has 1 N–H and O–H groups in total. The van der Waals surface area contributed by atoms with Gasteiger partial charge < -0.3 is 4.74 Å². The molecule has 0 spiro atoms. The van der Waals surface area contributed by atoms with Gasteiger partial charge in [0.25, 0.3) is 5.69 Å². The van der Waals surface area contributed by atoms with Crippen molar-refractivity contribution >= 4 is 27.3 Å². The average Bonchev–Trinajstić information content (AvgIpc) is 2.53. The van der Waals surface area contributed by atoms with Gasteiger partial charge in [-0.25, -0.2) is 13.1 Å². The second-order valence-corrected chi connectivity index (χ2v) is 7.06. The summed E-state index contributed by atoms with van der Waals surface area (Å²) < 4.78 is 32.1. The number of ether oxygens (including phenoxy) is 1. The third kappa shape index (κ3) is 4.44. The second-order valence-electron chi connectivity index (χ2n) is 4.88. The summed E-state index contributed by atoms with van der Waals surface area (Å²) in [5.74, 6) is 0.448. The summed E-state index contributed by atoms with van der Waals surface area (Å²) in [6.07, 6.45) is 0. The molecule has 0 saturated heterocycles. The topological polar surface area (TPSA) is 98.5 Å². The normalized spacial score (nSPS) is 11.2. The van der Waals surface area contributed by atoms with Crippen molar-refractivity contribution in [3.8, 4) is 5.75 Å². The van der Waals surface area contributed by atoms with Gasteiger partial charge in [-0.05, 0) is 25.1 Å². The average molecular weight is 371 g/mol. The molecule has 0 saturated carbocycles. The quantitative estimate of drug-likeness (QED) is 0.459. The highest BCUT2D eigenvalue weighted by Gasteiger charge is 2.19. The zero-order valence-corrected chi connectivity index (χ0v) is 14.3. The molecule has 0 bridgehead atoms. The van der Waals surface area contributed by atoms with Crippen LogP contribution in [-0.2, 0) is 10.0 Å². The standard InChI is InChI=1S/C15H15ClN2O5S/c1-11-6-7-12(10-14(11)18(19)20)24(21,22)17-8-9-23-15-5-3-2-4-13(15)16/h2-7,10,17H,8-9H2,1H3. The first-order valence-corrected chi connectivity index (χ1v) is 8.79. The van der Waals surface area contributed by atoms with E-state index in [1.165, 1.54) is 12.1 Å². The summed E-state index contributed by atoms with van der Waals surface area (Å²) in [5, 5.41) is 11.3. The molecule has 0 unspecified atom stereocenters. The molecule has 0 radical (unpaired) electrons. The van der Waals surface area contributed by atoms with Crippen LogP contribution in [0.1, 0.15) is 5.56 Å². The molecule has 0 aliphatic heterocycles. The number of sulfonamides is 1. The van der Waals surface area contributed by atoms with Gasteiger partial charge in [0.1, 0.15) is 12.4 Å². The van der Waals surface area contributed by atoms with E-state index in [1.807, 2.05) is 0 Å². The Bertz CT molecular complexity index is 855. The number of hydrogen-bond acceptors (Lipinski definition) is 5. The van der Waals surface area contributed by atoms with E-state index in [0.29, 0.717) is 16.3 Å². The number of nitro groups is 1. The molecule has 0 heterocycles. The summed E-state index contributed by atoms with van der Waals surface area (Å²) in [7, 11) is -3.87. The first-order chi connectivity index (χ1) is 11.3. The van der Waals surface area contributed by atoms with E-state index in [9.17, 15) is 18.5 Å². The summed E-state index contributed by atoms with van der Waals surface area (Å²) in [4.78, 5) is 10.1. The van der Waals surface area contributed by atoms with E-state index in [2.05, 4.69) is 4.72 Å². The Labute approximate surface area is 144 Å². The number of rotatable bonds is 7. The van der Waals surface area contributed by atoms with Gasteiger partial charge in [-0.15, -0.1) is 0 Å². The molecule has 0 aromatic heterocycles. The zero-order valence-electron chi connectivity index (χ0n) is 12.7. The summed E-state index contributed by atoms with van der Waals surface area (Å²) in [6.45, 7) is 1.60. The number of hydrogen-bond donors (Lipinski definition) is 1. The molecule has 2 aromatic rings. The number of nitro benzene ring substituents is 1. The van der Waals surface area contributed by atoms with Crippen molar-refractivity contribution in [1.82, 2.24) is 4.72 Å². The van der Waals surface area contributed by atoms with Crippen LogP contribution in [0.25, 0.3) is 0 Å². The first-order valence-electron chi connectivity index (χ1n) is 6.93. The van der Waals surface area contributed by atoms with Gasteiger partial charge in [0.2, 0.25) is 10.0 Å². The monoisotopic (exact) mass is 370 g/mol. The maximum absolute atomic E-state index is 12.2. The highest BCUT2D eigenvalue weighted by molar-refractivity contribution is 7.89. The van der Waals surface area contributed by atoms with Gasteiger partial charge in [-0.1, -0.05) is 29.8 Å². The summed E-state index contributed by atoms with van der Waals surface area (Å²) in [5.41, 5.74) is 0.145. The molecular formula is C15H15ClN2O5S. The molecule has 2 rings (SSSR count). The van der Waals surface area contributed by atoms with Crippen LogP contribution in [0.2, 0.25) is 5.02 Å². The number of nitrogens with zero attached hydrogens (tertiary/aromatic N) is 1. The second kappa shape index (κ2) is 7.61. The fourth-order valence-electron chi connectivity index (χ4n) is 1.94. The van der Waals surface area contributed by atoms with Crippen molar-refractivity contribution in [3.05, 3.63) is 63.2 Å². The fraction of sp³-hybridized carbons (Fsp3) is 0.200. The Morgan fingerprint density at radius 2 is 1.96 bits per heavy atom. The van der Waals surface area contributed by atoms with E-state index >= 15 is 0 Å².